The van der Waals surface area contributed by atoms with Gasteiger partial charge in [0.15, 0.2) is 0 Å². The van der Waals surface area contributed by atoms with Gasteiger partial charge in [-0.1, -0.05) is 31.2 Å². The third kappa shape index (κ3) is 2.92. The molecule has 5 nitrogen and oxygen atoms in total. The Balaban J connectivity index is 1.31. The maximum atomic E-state index is 4.72. The van der Waals surface area contributed by atoms with Crippen molar-refractivity contribution in [2.45, 2.75) is 38.3 Å². The summed E-state index contributed by atoms with van der Waals surface area (Å²) in [5, 5.41) is 1.19. The molecule has 1 fully saturated rings. The van der Waals surface area contributed by atoms with Crippen molar-refractivity contribution in [2.24, 2.45) is 0 Å². The summed E-state index contributed by atoms with van der Waals surface area (Å²) in [4.78, 5) is 16.3. The fraction of sp³-hybridized carbons (Fsp3) is 0.250. The Morgan fingerprint density at radius 2 is 1.76 bits per heavy atom. The first-order valence-electron chi connectivity index (χ1n) is 11.8. The van der Waals surface area contributed by atoms with Gasteiger partial charge in [-0.05, 0) is 65.9 Å². The van der Waals surface area contributed by atoms with Gasteiger partial charge in [-0.25, -0.2) is 9.97 Å². The summed E-state index contributed by atoms with van der Waals surface area (Å²) in [6, 6.07) is 17.7. The van der Waals surface area contributed by atoms with Crippen LogP contribution in [-0.2, 0) is 18.5 Å². The van der Waals surface area contributed by atoms with E-state index in [2.05, 4.69) is 74.9 Å². The third-order valence-electron chi connectivity index (χ3n) is 7.54. The number of benzene rings is 2. The van der Waals surface area contributed by atoms with Crippen LogP contribution in [0.1, 0.15) is 42.1 Å². The minimum absolute atomic E-state index is 0.00329. The maximum Gasteiger partial charge on any atom is 0.233 e. The van der Waals surface area contributed by atoms with Gasteiger partial charge in [-0.15, -0.1) is 0 Å². The number of nitrogens with zero attached hydrogens (tertiary/aromatic N) is 5. The van der Waals surface area contributed by atoms with E-state index in [4.69, 9.17) is 4.98 Å². The molecule has 0 bridgehead atoms. The maximum absolute atomic E-state index is 4.72. The fourth-order valence-electron chi connectivity index (χ4n) is 5.44. The van der Waals surface area contributed by atoms with E-state index in [1.54, 1.807) is 0 Å². The van der Waals surface area contributed by atoms with Crippen LogP contribution >= 0.6 is 0 Å². The standard InChI is InChI=1S/C28H25N5/c1-2-32-16-21-6-5-19(12-22(21)17-32)23-14-30-27-31-15-26(33(27)18-23)28(9-10-28)24-7-8-25-20(13-24)4-3-11-29-25/h3-8,11-15,18H,2,9-10,16-17H2,1H3. The molecule has 162 valence electrons. The summed E-state index contributed by atoms with van der Waals surface area (Å²) < 4.78 is 2.21. The molecule has 33 heavy (non-hydrogen) atoms. The summed E-state index contributed by atoms with van der Waals surface area (Å²) in [7, 11) is 0. The van der Waals surface area contributed by atoms with E-state index in [0.29, 0.717) is 0 Å². The van der Waals surface area contributed by atoms with Crippen molar-refractivity contribution in [3.63, 3.8) is 0 Å². The second-order valence-corrected chi connectivity index (χ2v) is 9.44. The van der Waals surface area contributed by atoms with Gasteiger partial charge in [-0.3, -0.25) is 14.3 Å². The van der Waals surface area contributed by atoms with Crippen molar-refractivity contribution in [1.29, 1.82) is 0 Å². The Bertz CT molecular complexity index is 1530. The molecule has 0 amide bonds. The highest BCUT2D eigenvalue weighted by Crippen LogP contribution is 2.53. The zero-order valence-corrected chi connectivity index (χ0v) is 18.7. The second-order valence-electron chi connectivity index (χ2n) is 9.44. The van der Waals surface area contributed by atoms with Gasteiger partial charge < -0.3 is 0 Å². The van der Waals surface area contributed by atoms with Gasteiger partial charge in [0.25, 0.3) is 0 Å². The number of aromatic nitrogens is 4. The number of rotatable bonds is 4. The molecule has 1 saturated carbocycles. The van der Waals surface area contributed by atoms with Crippen molar-refractivity contribution in [3.05, 3.63) is 95.7 Å². The first kappa shape index (κ1) is 18.9. The van der Waals surface area contributed by atoms with Crippen molar-refractivity contribution >= 4 is 16.7 Å². The van der Waals surface area contributed by atoms with Gasteiger partial charge in [0.2, 0.25) is 5.78 Å². The topological polar surface area (TPSA) is 46.3 Å². The lowest BCUT2D eigenvalue weighted by atomic mass is 9.91. The summed E-state index contributed by atoms with van der Waals surface area (Å²) in [5.41, 5.74) is 8.85. The first-order valence-corrected chi connectivity index (χ1v) is 11.8. The van der Waals surface area contributed by atoms with Crippen LogP contribution in [0.25, 0.3) is 27.8 Å². The van der Waals surface area contributed by atoms with E-state index in [1.165, 1.54) is 33.3 Å². The molecule has 2 aliphatic rings. The smallest absolute Gasteiger partial charge is 0.233 e. The van der Waals surface area contributed by atoms with Crippen molar-refractivity contribution in [3.8, 4) is 11.1 Å². The van der Waals surface area contributed by atoms with E-state index in [0.717, 1.165) is 49.3 Å². The van der Waals surface area contributed by atoms with Gasteiger partial charge in [0, 0.05) is 48.0 Å². The molecular formula is C28H25N5. The number of hydrogen-bond donors (Lipinski definition) is 0. The molecule has 2 aromatic carbocycles. The number of fused-ring (bicyclic) bond motifs is 3. The fourth-order valence-corrected chi connectivity index (χ4v) is 5.44. The van der Waals surface area contributed by atoms with Crippen LogP contribution in [0, 0.1) is 0 Å². The molecule has 0 radical (unpaired) electrons. The molecule has 5 heteroatoms. The monoisotopic (exact) mass is 431 g/mol. The number of imidazole rings is 1. The average molecular weight is 432 g/mol. The molecule has 4 heterocycles. The molecule has 7 rings (SSSR count). The quantitative estimate of drug-likeness (QED) is 0.384. The molecule has 0 spiro atoms. The van der Waals surface area contributed by atoms with Crippen LogP contribution in [0.3, 0.4) is 0 Å². The summed E-state index contributed by atoms with van der Waals surface area (Å²) >= 11 is 0. The van der Waals surface area contributed by atoms with Gasteiger partial charge in [0.05, 0.1) is 17.4 Å². The van der Waals surface area contributed by atoms with Gasteiger partial charge >= 0.3 is 0 Å². The van der Waals surface area contributed by atoms with Crippen LogP contribution in [0.5, 0.6) is 0 Å². The Kier molecular flexibility index (Phi) is 4.00. The van der Waals surface area contributed by atoms with E-state index >= 15 is 0 Å². The van der Waals surface area contributed by atoms with Crippen LogP contribution < -0.4 is 0 Å². The largest absolute Gasteiger partial charge is 0.295 e. The lowest BCUT2D eigenvalue weighted by Crippen LogP contribution is -2.14. The zero-order chi connectivity index (χ0) is 22.0. The third-order valence-corrected chi connectivity index (χ3v) is 7.54. The van der Waals surface area contributed by atoms with E-state index in [-0.39, 0.29) is 5.41 Å². The molecule has 0 atom stereocenters. The Hall–Kier alpha value is -3.57. The minimum Gasteiger partial charge on any atom is -0.295 e. The lowest BCUT2D eigenvalue weighted by Gasteiger charge is -2.17. The normalized spacial score (nSPS) is 17.0. The Labute approximate surface area is 192 Å². The van der Waals surface area contributed by atoms with Gasteiger partial charge in [-0.2, -0.15) is 0 Å². The number of hydrogen-bond acceptors (Lipinski definition) is 4. The molecule has 3 aromatic heterocycles. The van der Waals surface area contributed by atoms with E-state index in [9.17, 15) is 0 Å². The Morgan fingerprint density at radius 1 is 0.879 bits per heavy atom. The zero-order valence-electron chi connectivity index (χ0n) is 18.7. The van der Waals surface area contributed by atoms with Gasteiger partial charge in [0.1, 0.15) is 0 Å². The van der Waals surface area contributed by atoms with Crippen molar-refractivity contribution in [2.75, 3.05) is 6.54 Å². The second kappa shape index (κ2) is 6.96. The molecule has 0 unspecified atom stereocenters. The summed E-state index contributed by atoms with van der Waals surface area (Å²) in [5.74, 6) is 0.765. The Morgan fingerprint density at radius 3 is 2.64 bits per heavy atom. The predicted octanol–water partition coefficient (Wildman–Crippen LogP) is 5.36. The lowest BCUT2D eigenvalue weighted by molar-refractivity contribution is 0.301. The van der Waals surface area contributed by atoms with Crippen LogP contribution in [0.15, 0.2) is 73.3 Å². The summed E-state index contributed by atoms with van der Waals surface area (Å²) in [6.07, 6.45) is 10.3. The highest BCUT2D eigenvalue weighted by Gasteiger charge is 2.48. The van der Waals surface area contributed by atoms with Crippen LogP contribution in [-0.4, -0.2) is 30.8 Å². The van der Waals surface area contributed by atoms with E-state index in [1.807, 2.05) is 24.7 Å². The minimum atomic E-state index is 0.00329. The van der Waals surface area contributed by atoms with Crippen molar-refractivity contribution in [1.82, 2.24) is 24.3 Å². The van der Waals surface area contributed by atoms with Crippen LogP contribution in [0.4, 0.5) is 0 Å². The summed E-state index contributed by atoms with van der Waals surface area (Å²) in [6.45, 7) is 5.40. The highest BCUT2D eigenvalue weighted by atomic mass is 15.1. The molecule has 5 aromatic rings. The molecule has 0 N–H and O–H groups in total. The van der Waals surface area contributed by atoms with Crippen molar-refractivity contribution < 1.29 is 0 Å². The average Bonchev–Trinajstić information content (AvgIpc) is 3.38. The molecule has 1 aliphatic carbocycles. The van der Waals surface area contributed by atoms with Crippen LogP contribution in [0.2, 0.25) is 0 Å². The number of pyridine rings is 1. The molecule has 1 aliphatic heterocycles. The predicted molar refractivity (Wildman–Crippen MR) is 130 cm³/mol. The molecular weight excluding hydrogens is 406 g/mol. The molecule has 0 saturated heterocycles. The van der Waals surface area contributed by atoms with E-state index < -0.39 is 0 Å². The highest BCUT2D eigenvalue weighted by molar-refractivity contribution is 5.79. The SMILES string of the molecule is CCN1Cc2ccc(-c3cnc4ncc(C5(c6ccc7ncccc7c6)CC5)n4c3)cc2C1. The first-order chi connectivity index (χ1) is 16.2.